The molecule has 0 amide bonds. The Bertz CT molecular complexity index is 283. The average molecular weight is 194 g/mol. The summed E-state index contributed by atoms with van der Waals surface area (Å²) in [6.07, 6.45) is 1.40. The number of anilines is 1. The fourth-order valence-electron chi connectivity index (χ4n) is 0.934. The Morgan fingerprint density at radius 1 is 1.29 bits per heavy atom. The maximum Gasteiger partial charge on any atom is 0.174 e. The third kappa shape index (κ3) is 3.45. The molecular formula is C10H14N2O2. The summed E-state index contributed by atoms with van der Waals surface area (Å²) in [6, 6.07) is 7.66. The van der Waals surface area contributed by atoms with Gasteiger partial charge in [0.2, 0.25) is 0 Å². The van der Waals surface area contributed by atoms with E-state index in [1.807, 2.05) is 24.3 Å². The van der Waals surface area contributed by atoms with Gasteiger partial charge in [0.1, 0.15) is 6.73 Å². The van der Waals surface area contributed by atoms with E-state index in [1.54, 1.807) is 14.2 Å². The lowest BCUT2D eigenvalue weighted by atomic mass is 10.3. The van der Waals surface area contributed by atoms with Crippen molar-refractivity contribution >= 4 is 17.8 Å². The van der Waals surface area contributed by atoms with Crippen molar-refractivity contribution < 1.29 is 9.47 Å². The molecule has 14 heavy (non-hydrogen) atoms. The molecular weight excluding hydrogens is 180 g/mol. The number of ether oxygens (including phenoxy) is 2. The normalized spacial score (nSPS) is 10.4. The molecule has 0 bridgehead atoms. The first-order valence-electron chi connectivity index (χ1n) is 4.25. The summed E-state index contributed by atoms with van der Waals surface area (Å²) in [4.78, 5) is 4.04. The minimum absolute atomic E-state index is 0.501. The summed E-state index contributed by atoms with van der Waals surface area (Å²) in [6.45, 7) is 0.501. The van der Waals surface area contributed by atoms with E-state index in [1.165, 1.54) is 6.40 Å². The van der Waals surface area contributed by atoms with E-state index in [-0.39, 0.29) is 0 Å². The lowest BCUT2D eigenvalue weighted by Crippen LogP contribution is -2.02. The minimum Gasteiger partial charge on any atom is -0.486 e. The number of hydrogen-bond donors (Lipinski definition) is 1. The van der Waals surface area contributed by atoms with Crippen LogP contribution in [-0.2, 0) is 9.47 Å². The van der Waals surface area contributed by atoms with Crippen molar-refractivity contribution in [2.75, 3.05) is 26.3 Å². The third-order valence-corrected chi connectivity index (χ3v) is 1.60. The largest absolute Gasteiger partial charge is 0.486 e. The predicted molar refractivity (Wildman–Crippen MR) is 57.1 cm³/mol. The summed E-state index contributed by atoms with van der Waals surface area (Å²) < 4.78 is 9.59. The monoisotopic (exact) mass is 194 g/mol. The van der Waals surface area contributed by atoms with Crippen molar-refractivity contribution in [1.82, 2.24) is 0 Å². The van der Waals surface area contributed by atoms with Crippen LogP contribution >= 0.6 is 0 Å². The number of benzene rings is 1. The van der Waals surface area contributed by atoms with E-state index in [0.29, 0.717) is 6.73 Å². The molecule has 1 rings (SSSR count). The number of hydrogen-bond acceptors (Lipinski definition) is 4. The van der Waals surface area contributed by atoms with E-state index in [4.69, 9.17) is 9.47 Å². The lowest BCUT2D eigenvalue weighted by Gasteiger charge is -2.04. The van der Waals surface area contributed by atoms with E-state index in [0.717, 1.165) is 11.4 Å². The van der Waals surface area contributed by atoms with Crippen LogP contribution in [0.1, 0.15) is 0 Å². The van der Waals surface area contributed by atoms with E-state index < -0.39 is 0 Å². The van der Waals surface area contributed by atoms with Gasteiger partial charge in [0, 0.05) is 12.8 Å². The number of nitrogens with one attached hydrogen (secondary N) is 1. The summed E-state index contributed by atoms with van der Waals surface area (Å²) >= 11 is 0. The van der Waals surface area contributed by atoms with E-state index in [2.05, 4.69) is 10.3 Å². The van der Waals surface area contributed by atoms with Gasteiger partial charge >= 0.3 is 0 Å². The highest BCUT2D eigenvalue weighted by atomic mass is 16.5. The summed E-state index contributed by atoms with van der Waals surface area (Å²) in [7, 11) is 3.21. The fourth-order valence-corrected chi connectivity index (χ4v) is 0.934. The van der Waals surface area contributed by atoms with Gasteiger partial charge in [-0.3, -0.25) is 0 Å². The Kier molecular flexibility index (Phi) is 4.50. The Morgan fingerprint density at radius 2 is 2.00 bits per heavy atom. The van der Waals surface area contributed by atoms with Gasteiger partial charge in [-0.25, -0.2) is 4.99 Å². The van der Waals surface area contributed by atoms with Crippen molar-refractivity contribution in [3.63, 3.8) is 0 Å². The second-order valence-electron chi connectivity index (χ2n) is 2.63. The molecule has 0 fully saturated rings. The molecule has 0 aliphatic heterocycles. The predicted octanol–water partition coefficient (Wildman–Crippen LogP) is 2.01. The zero-order valence-electron chi connectivity index (χ0n) is 8.36. The maximum atomic E-state index is 4.88. The number of aliphatic imine (C=N–C) groups is 1. The van der Waals surface area contributed by atoms with Gasteiger partial charge < -0.3 is 14.8 Å². The van der Waals surface area contributed by atoms with Gasteiger partial charge in [0.05, 0.1) is 12.8 Å². The van der Waals surface area contributed by atoms with Gasteiger partial charge in [0.15, 0.2) is 6.40 Å². The van der Waals surface area contributed by atoms with Crippen LogP contribution in [0.25, 0.3) is 0 Å². The first-order chi connectivity index (χ1) is 6.86. The molecule has 0 atom stereocenters. The first-order valence-corrected chi connectivity index (χ1v) is 4.25. The molecule has 0 aliphatic rings. The molecule has 1 aromatic rings. The van der Waals surface area contributed by atoms with Crippen LogP contribution in [-0.4, -0.2) is 27.4 Å². The van der Waals surface area contributed by atoms with Crippen molar-refractivity contribution in [1.29, 1.82) is 0 Å². The van der Waals surface area contributed by atoms with Gasteiger partial charge in [-0.2, -0.15) is 0 Å². The molecule has 1 aromatic carbocycles. The minimum atomic E-state index is 0.501. The molecule has 0 saturated heterocycles. The highest BCUT2D eigenvalue weighted by Crippen LogP contribution is 2.15. The fraction of sp³-hybridized carbons (Fsp3) is 0.300. The molecule has 76 valence electrons. The van der Waals surface area contributed by atoms with Crippen LogP contribution in [0.15, 0.2) is 29.3 Å². The standard InChI is InChI=1S/C10H14N2O2/c1-13-7-11-9-3-5-10(6-4-9)12-8-14-2/h3-7,12H,8H2,1-2H3. The topological polar surface area (TPSA) is 42.8 Å². The second-order valence-corrected chi connectivity index (χ2v) is 2.63. The summed E-state index contributed by atoms with van der Waals surface area (Å²) in [5.41, 5.74) is 1.86. The Hall–Kier alpha value is -1.55. The van der Waals surface area contributed by atoms with Crippen LogP contribution in [0.2, 0.25) is 0 Å². The molecule has 0 unspecified atom stereocenters. The van der Waals surface area contributed by atoms with Crippen LogP contribution in [0.3, 0.4) is 0 Å². The number of nitrogens with zero attached hydrogens (tertiary/aromatic N) is 1. The van der Waals surface area contributed by atoms with Crippen LogP contribution in [0, 0.1) is 0 Å². The van der Waals surface area contributed by atoms with Crippen molar-refractivity contribution in [2.45, 2.75) is 0 Å². The molecule has 0 aliphatic carbocycles. The van der Waals surface area contributed by atoms with Gasteiger partial charge in [-0.1, -0.05) is 0 Å². The van der Waals surface area contributed by atoms with Crippen LogP contribution < -0.4 is 5.32 Å². The van der Waals surface area contributed by atoms with Crippen LogP contribution in [0.4, 0.5) is 11.4 Å². The van der Waals surface area contributed by atoms with Crippen LogP contribution in [0.5, 0.6) is 0 Å². The summed E-state index contributed by atoms with van der Waals surface area (Å²) in [5, 5.41) is 3.07. The lowest BCUT2D eigenvalue weighted by molar-refractivity contribution is 0.221. The molecule has 0 spiro atoms. The van der Waals surface area contributed by atoms with Gasteiger partial charge in [0.25, 0.3) is 0 Å². The highest BCUT2D eigenvalue weighted by Gasteiger charge is 1.90. The SMILES string of the molecule is COC=Nc1ccc(NCOC)cc1. The highest BCUT2D eigenvalue weighted by molar-refractivity contribution is 5.58. The Labute approximate surface area is 83.6 Å². The number of methoxy groups -OCH3 is 2. The molecule has 1 N–H and O–H groups in total. The molecule has 4 nitrogen and oxygen atoms in total. The van der Waals surface area contributed by atoms with E-state index >= 15 is 0 Å². The maximum absolute atomic E-state index is 4.88. The zero-order chi connectivity index (χ0) is 10.2. The summed E-state index contributed by atoms with van der Waals surface area (Å²) in [5.74, 6) is 0. The molecule has 0 saturated carbocycles. The van der Waals surface area contributed by atoms with Gasteiger partial charge in [-0.15, -0.1) is 0 Å². The molecule has 4 heteroatoms. The van der Waals surface area contributed by atoms with Crippen molar-refractivity contribution in [3.8, 4) is 0 Å². The van der Waals surface area contributed by atoms with Gasteiger partial charge in [-0.05, 0) is 24.3 Å². The molecule has 0 heterocycles. The average Bonchev–Trinajstić information content (AvgIpc) is 2.25. The number of rotatable bonds is 5. The Balaban J connectivity index is 2.54. The first kappa shape index (κ1) is 10.5. The zero-order valence-corrected chi connectivity index (χ0v) is 8.36. The van der Waals surface area contributed by atoms with E-state index in [9.17, 15) is 0 Å². The molecule has 0 radical (unpaired) electrons. The quantitative estimate of drug-likeness (QED) is 0.443. The van der Waals surface area contributed by atoms with Crippen molar-refractivity contribution in [2.24, 2.45) is 4.99 Å². The second kappa shape index (κ2) is 5.99. The third-order valence-electron chi connectivity index (χ3n) is 1.60. The smallest absolute Gasteiger partial charge is 0.174 e. The molecule has 0 aromatic heterocycles. The Morgan fingerprint density at radius 3 is 2.57 bits per heavy atom. The van der Waals surface area contributed by atoms with Crippen molar-refractivity contribution in [3.05, 3.63) is 24.3 Å².